The van der Waals surface area contributed by atoms with E-state index in [1.54, 1.807) is 31.2 Å². The van der Waals surface area contributed by atoms with Crippen molar-refractivity contribution >= 4 is 23.1 Å². The Hall–Kier alpha value is -2.40. The lowest BCUT2D eigenvalue weighted by atomic mass is 10.1. The van der Waals surface area contributed by atoms with E-state index in [2.05, 4.69) is 0 Å². The third-order valence-corrected chi connectivity index (χ3v) is 3.14. The quantitative estimate of drug-likeness (QED) is 0.458. The molecule has 2 rings (SSSR count). The van der Waals surface area contributed by atoms with E-state index in [1.807, 2.05) is 0 Å². The lowest BCUT2D eigenvalue weighted by Gasteiger charge is -2.09. The molecular formula is C15H12ClNO4. The van der Waals surface area contributed by atoms with Crippen molar-refractivity contribution in [3.05, 3.63) is 63.2 Å². The monoisotopic (exact) mass is 305 g/mol. The van der Waals surface area contributed by atoms with Gasteiger partial charge in [-0.15, -0.1) is 0 Å². The molecule has 0 unspecified atom stereocenters. The first-order valence-corrected chi connectivity index (χ1v) is 6.64. The van der Waals surface area contributed by atoms with Crippen LogP contribution < -0.4 is 4.74 Å². The van der Waals surface area contributed by atoms with Crippen LogP contribution in [0.25, 0.3) is 0 Å². The highest BCUT2D eigenvalue weighted by Crippen LogP contribution is 2.37. The summed E-state index contributed by atoms with van der Waals surface area (Å²) in [4.78, 5) is 22.1. The van der Waals surface area contributed by atoms with Crippen LogP contribution in [0.5, 0.6) is 11.5 Å². The minimum Gasteiger partial charge on any atom is -0.449 e. The zero-order valence-electron chi connectivity index (χ0n) is 11.2. The maximum Gasteiger partial charge on any atom is 0.313 e. The topological polar surface area (TPSA) is 69.4 Å². The molecule has 108 valence electrons. The third-order valence-electron chi connectivity index (χ3n) is 2.84. The Balaban J connectivity index is 2.39. The number of Topliss-reactive ketones (excluding diaryl/α,β-unsaturated/α-hetero) is 1. The van der Waals surface area contributed by atoms with Gasteiger partial charge in [0.1, 0.15) is 5.75 Å². The molecule has 0 heterocycles. The summed E-state index contributed by atoms with van der Waals surface area (Å²) in [6, 6.07) is 10.8. The first kappa shape index (κ1) is 15.0. The molecule has 0 saturated carbocycles. The Kier molecular flexibility index (Phi) is 4.55. The van der Waals surface area contributed by atoms with E-state index in [0.717, 1.165) is 0 Å². The number of para-hydroxylation sites is 1. The molecule has 21 heavy (non-hydrogen) atoms. The van der Waals surface area contributed by atoms with Crippen molar-refractivity contribution in [3.63, 3.8) is 0 Å². The first-order valence-electron chi connectivity index (χ1n) is 6.27. The van der Waals surface area contributed by atoms with Gasteiger partial charge in [0.05, 0.1) is 9.95 Å². The van der Waals surface area contributed by atoms with Gasteiger partial charge in [-0.1, -0.05) is 36.7 Å². The van der Waals surface area contributed by atoms with Crippen LogP contribution in [-0.2, 0) is 0 Å². The van der Waals surface area contributed by atoms with Gasteiger partial charge < -0.3 is 4.74 Å². The number of halogens is 1. The van der Waals surface area contributed by atoms with Gasteiger partial charge >= 0.3 is 5.69 Å². The lowest BCUT2D eigenvalue weighted by Crippen LogP contribution is -1.98. The molecule has 0 aliphatic heterocycles. The van der Waals surface area contributed by atoms with Gasteiger partial charge in [0.15, 0.2) is 5.78 Å². The second kappa shape index (κ2) is 6.37. The minimum absolute atomic E-state index is 0.0332. The molecule has 2 aromatic rings. The van der Waals surface area contributed by atoms with Crippen LogP contribution in [0.4, 0.5) is 5.69 Å². The molecule has 0 saturated heterocycles. The molecule has 0 N–H and O–H groups in total. The molecule has 0 fully saturated rings. The zero-order chi connectivity index (χ0) is 15.4. The summed E-state index contributed by atoms with van der Waals surface area (Å²) in [6.07, 6.45) is 0.371. The summed E-state index contributed by atoms with van der Waals surface area (Å²) in [7, 11) is 0. The van der Waals surface area contributed by atoms with E-state index in [9.17, 15) is 14.9 Å². The predicted octanol–water partition coefficient (Wildman–Crippen LogP) is 4.63. The molecule has 0 spiro atoms. The van der Waals surface area contributed by atoms with Crippen molar-refractivity contribution in [2.45, 2.75) is 13.3 Å². The molecule has 0 bridgehead atoms. The van der Waals surface area contributed by atoms with Gasteiger partial charge in [-0.2, -0.15) is 0 Å². The van der Waals surface area contributed by atoms with Gasteiger partial charge in [0, 0.05) is 18.1 Å². The Morgan fingerprint density at radius 3 is 2.67 bits per heavy atom. The molecule has 2 aromatic carbocycles. The second-order valence-corrected chi connectivity index (χ2v) is 4.66. The number of hydrogen-bond acceptors (Lipinski definition) is 4. The van der Waals surface area contributed by atoms with Crippen LogP contribution in [0.15, 0.2) is 42.5 Å². The third kappa shape index (κ3) is 3.38. The van der Waals surface area contributed by atoms with Crippen molar-refractivity contribution in [2.75, 3.05) is 0 Å². The predicted molar refractivity (Wildman–Crippen MR) is 79.2 cm³/mol. The number of hydrogen-bond donors (Lipinski definition) is 0. The van der Waals surface area contributed by atoms with Crippen LogP contribution in [0.2, 0.25) is 5.02 Å². The SMILES string of the molecule is CCC(=O)c1cccc(Oc2c(Cl)cccc2[N+](=O)[O-])c1. The highest BCUT2D eigenvalue weighted by Gasteiger charge is 2.19. The van der Waals surface area contributed by atoms with Crippen LogP contribution in [0.1, 0.15) is 23.7 Å². The van der Waals surface area contributed by atoms with Gasteiger partial charge in [-0.05, 0) is 18.2 Å². The highest BCUT2D eigenvalue weighted by atomic mass is 35.5. The fraction of sp³-hybridized carbons (Fsp3) is 0.133. The maximum absolute atomic E-state index is 11.7. The summed E-state index contributed by atoms with van der Waals surface area (Å²) >= 11 is 5.96. The van der Waals surface area contributed by atoms with Crippen LogP contribution >= 0.6 is 11.6 Å². The number of rotatable bonds is 5. The van der Waals surface area contributed by atoms with E-state index in [1.165, 1.54) is 18.2 Å². The minimum atomic E-state index is -0.567. The number of ketones is 1. The summed E-state index contributed by atoms with van der Waals surface area (Å²) < 4.78 is 5.51. The molecular weight excluding hydrogens is 294 g/mol. The van der Waals surface area contributed by atoms with Crippen molar-refractivity contribution in [1.82, 2.24) is 0 Å². The van der Waals surface area contributed by atoms with Gasteiger partial charge in [-0.3, -0.25) is 14.9 Å². The Morgan fingerprint density at radius 1 is 1.29 bits per heavy atom. The van der Waals surface area contributed by atoms with Crippen LogP contribution in [0.3, 0.4) is 0 Å². The fourth-order valence-corrected chi connectivity index (χ4v) is 2.01. The number of benzene rings is 2. The van der Waals surface area contributed by atoms with Crippen molar-refractivity contribution < 1.29 is 14.5 Å². The fourth-order valence-electron chi connectivity index (χ4n) is 1.80. The number of ether oxygens (including phenoxy) is 1. The van der Waals surface area contributed by atoms with Crippen LogP contribution in [-0.4, -0.2) is 10.7 Å². The average molecular weight is 306 g/mol. The van der Waals surface area contributed by atoms with Crippen LogP contribution in [0, 0.1) is 10.1 Å². The van der Waals surface area contributed by atoms with Gasteiger partial charge in [0.25, 0.3) is 0 Å². The summed E-state index contributed by atoms with van der Waals surface area (Å²) in [5, 5.41) is 11.1. The number of carbonyl (C=O) groups is 1. The van der Waals surface area contributed by atoms with E-state index < -0.39 is 4.92 Å². The average Bonchev–Trinajstić information content (AvgIpc) is 2.48. The normalized spacial score (nSPS) is 10.2. The summed E-state index contributed by atoms with van der Waals surface area (Å²) in [5.41, 5.74) is 0.263. The lowest BCUT2D eigenvalue weighted by molar-refractivity contribution is -0.385. The largest absolute Gasteiger partial charge is 0.449 e. The van der Waals surface area contributed by atoms with Gasteiger partial charge in [-0.25, -0.2) is 0 Å². The van der Waals surface area contributed by atoms with Crippen molar-refractivity contribution in [3.8, 4) is 11.5 Å². The summed E-state index contributed by atoms with van der Waals surface area (Å²) in [6.45, 7) is 1.76. The van der Waals surface area contributed by atoms with Crippen molar-refractivity contribution in [1.29, 1.82) is 0 Å². The standard InChI is InChI=1S/C15H12ClNO4/c1-2-14(18)10-5-3-6-11(9-10)21-15-12(16)7-4-8-13(15)17(19)20/h3-9H,2H2,1H3. The Morgan fingerprint density at radius 2 is 2.00 bits per heavy atom. The van der Waals surface area contributed by atoms with E-state index in [0.29, 0.717) is 17.7 Å². The molecule has 0 radical (unpaired) electrons. The molecule has 0 aromatic heterocycles. The summed E-state index contributed by atoms with van der Waals surface area (Å²) in [5.74, 6) is 0.255. The van der Waals surface area contributed by atoms with E-state index >= 15 is 0 Å². The molecule has 6 heteroatoms. The molecule has 0 aliphatic carbocycles. The smallest absolute Gasteiger partial charge is 0.313 e. The zero-order valence-corrected chi connectivity index (χ0v) is 12.0. The molecule has 0 atom stereocenters. The number of nitro benzene ring substituents is 1. The maximum atomic E-state index is 11.7. The number of nitrogens with zero attached hydrogens (tertiary/aromatic N) is 1. The first-order chi connectivity index (χ1) is 10.0. The number of carbonyl (C=O) groups excluding carboxylic acids is 1. The second-order valence-electron chi connectivity index (χ2n) is 4.25. The van der Waals surface area contributed by atoms with Gasteiger partial charge in [0.2, 0.25) is 5.75 Å². The molecule has 0 aliphatic rings. The molecule has 0 amide bonds. The van der Waals surface area contributed by atoms with Crippen molar-refractivity contribution in [2.24, 2.45) is 0 Å². The van der Waals surface area contributed by atoms with E-state index in [-0.39, 0.29) is 22.2 Å². The Bertz CT molecular complexity index is 700. The van der Waals surface area contributed by atoms with E-state index in [4.69, 9.17) is 16.3 Å². The Labute approximate surface area is 126 Å². The highest BCUT2D eigenvalue weighted by molar-refractivity contribution is 6.32. The number of nitro groups is 1. The molecule has 5 nitrogen and oxygen atoms in total.